The Morgan fingerprint density at radius 2 is 2.16 bits per heavy atom. The van der Waals surface area contributed by atoms with Gasteiger partial charge in [-0.15, -0.1) is 0 Å². The van der Waals surface area contributed by atoms with Crippen molar-refractivity contribution in [3.8, 4) is 0 Å². The third-order valence-corrected chi connectivity index (χ3v) is 2.66. The Labute approximate surface area is 113 Å². The zero-order valence-corrected chi connectivity index (χ0v) is 11.3. The van der Waals surface area contributed by atoms with Crippen molar-refractivity contribution in [3.63, 3.8) is 0 Å². The van der Waals surface area contributed by atoms with Crippen LogP contribution in [0.5, 0.6) is 0 Å². The van der Waals surface area contributed by atoms with Crippen LogP contribution in [-0.4, -0.2) is 29.8 Å². The molecule has 2 unspecified atom stereocenters. The number of hydrogen-bond donors (Lipinski definition) is 3. The topological polar surface area (TPSA) is 61.4 Å². The number of nitrogens with one attached hydrogen (secondary N) is 2. The molecule has 0 aliphatic rings. The average molecular weight is 268 g/mol. The molecular formula is C14H21FN2O2. The van der Waals surface area contributed by atoms with Gasteiger partial charge in [-0.2, -0.15) is 0 Å². The molecule has 3 N–H and O–H groups in total. The molecule has 0 heterocycles. The molecule has 0 bridgehead atoms. The first-order valence-electron chi connectivity index (χ1n) is 6.44. The number of benzene rings is 1. The molecule has 1 aromatic rings. The summed E-state index contributed by atoms with van der Waals surface area (Å²) in [6.45, 7) is 3.96. The monoisotopic (exact) mass is 268 g/mol. The summed E-state index contributed by atoms with van der Waals surface area (Å²) < 4.78 is 13.0. The Morgan fingerprint density at radius 3 is 2.79 bits per heavy atom. The molecule has 106 valence electrons. The molecule has 1 aromatic carbocycles. The van der Waals surface area contributed by atoms with Crippen molar-refractivity contribution in [1.82, 2.24) is 10.6 Å². The van der Waals surface area contributed by atoms with Crippen molar-refractivity contribution < 1.29 is 14.3 Å². The standard InChI is InChI=1S/C14H21FN2O2/c1-10(8-12-4-3-5-13(15)9-12)17-14(19)16-7-6-11(2)18/h3-5,9-11,18H,6-8H2,1-2H3,(H2,16,17,19). The van der Waals surface area contributed by atoms with Crippen LogP contribution in [-0.2, 0) is 6.42 Å². The van der Waals surface area contributed by atoms with E-state index in [4.69, 9.17) is 5.11 Å². The summed E-state index contributed by atoms with van der Waals surface area (Å²) in [7, 11) is 0. The minimum Gasteiger partial charge on any atom is -0.393 e. The van der Waals surface area contributed by atoms with Gasteiger partial charge in [-0.05, 0) is 44.4 Å². The first kappa shape index (κ1) is 15.4. The summed E-state index contributed by atoms with van der Waals surface area (Å²) >= 11 is 0. The van der Waals surface area contributed by atoms with E-state index in [9.17, 15) is 9.18 Å². The number of aliphatic hydroxyl groups excluding tert-OH is 1. The number of carbonyl (C=O) groups excluding carboxylic acids is 1. The molecule has 0 aliphatic heterocycles. The lowest BCUT2D eigenvalue weighted by Gasteiger charge is -2.15. The number of rotatable bonds is 6. The first-order valence-corrected chi connectivity index (χ1v) is 6.44. The second-order valence-electron chi connectivity index (χ2n) is 4.77. The van der Waals surface area contributed by atoms with Crippen LogP contribution in [0.1, 0.15) is 25.8 Å². The number of carbonyl (C=O) groups is 1. The number of aliphatic hydroxyl groups is 1. The van der Waals surface area contributed by atoms with Gasteiger partial charge in [-0.25, -0.2) is 9.18 Å². The Morgan fingerprint density at radius 1 is 1.42 bits per heavy atom. The van der Waals surface area contributed by atoms with Crippen LogP contribution < -0.4 is 10.6 Å². The highest BCUT2D eigenvalue weighted by atomic mass is 19.1. The van der Waals surface area contributed by atoms with Gasteiger partial charge >= 0.3 is 6.03 Å². The lowest BCUT2D eigenvalue weighted by Crippen LogP contribution is -2.42. The van der Waals surface area contributed by atoms with Crippen molar-refractivity contribution in [2.24, 2.45) is 0 Å². The fraction of sp³-hybridized carbons (Fsp3) is 0.500. The highest BCUT2D eigenvalue weighted by molar-refractivity contribution is 5.74. The van der Waals surface area contributed by atoms with Gasteiger partial charge in [0, 0.05) is 12.6 Å². The molecule has 0 spiro atoms. The second-order valence-corrected chi connectivity index (χ2v) is 4.77. The number of hydrogen-bond acceptors (Lipinski definition) is 2. The minimum absolute atomic E-state index is 0.0895. The highest BCUT2D eigenvalue weighted by Gasteiger charge is 2.08. The maximum Gasteiger partial charge on any atom is 0.315 e. The average Bonchev–Trinajstić information content (AvgIpc) is 2.27. The van der Waals surface area contributed by atoms with E-state index in [1.165, 1.54) is 12.1 Å². The Hall–Kier alpha value is -1.62. The van der Waals surface area contributed by atoms with Crippen molar-refractivity contribution in [3.05, 3.63) is 35.6 Å². The highest BCUT2D eigenvalue weighted by Crippen LogP contribution is 2.06. The summed E-state index contributed by atoms with van der Waals surface area (Å²) in [4.78, 5) is 11.5. The van der Waals surface area contributed by atoms with Gasteiger partial charge in [0.1, 0.15) is 5.82 Å². The third-order valence-electron chi connectivity index (χ3n) is 2.66. The van der Waals surface area contributed by atoms with E-state index < -0.39 is 6.10 Å². The predicted octanol–water partition coefficient (Wildman–Crippen LogP) is 1.83. The quantitative estimate of drug-likeness (QED) is 0.737. The molecule has 0 fully saturated rings. The molecule has 19 heavy (non-hydrogen) atoms. The van der Waals surface area contributed by atoms with Gasteiger partial charge in [0.05, 0.1) is 6.10 Å². The molecule has 5 heteroatoms. The summed E-state index contributed by atoms with van der Waals surface area (Å²) in [5.41, 5.74) is 0.844. The number of urea groups is 1. The van der Waals surface area contributed by atoms with E-state index in [1.54, 1.807) is 13.0 Å². The zero-order chi connectivity index (χ0) is 14.3. The molecule has 0 saturated heterocycles. The lowest BCUT2D eigenvalue weighted by atomic mass is 10.1. The van der Waals surface area contributed by atoms with Crippen molar-refractivity contribution in [1.29, 1.82) is 0 Å². The Kier molecular flexibility index (Phi) is 6.29. The predicted molar refractivity (Wildman–Crippen MR) is 72.4 cm³/mol. The maximum absolute atomic E-state index is 13.0. The molecule has 2 amide bonds. The van der Waals surface area contributed by atoms with E-state index in [2.05, 4.69) is 10.6 Å². The van der Waals surface area contributed by atoms with Gasteiger partial charge < -0.3 is 15.7 Å². The van der Waals surface area contributed by atoms with Crippen LogP contribution in [0.25, 0.3) is 0 Å². The number of amides is 2. The molecular weight excluding hydrogens is 247 g/mol. The third kappa shape index (κ3) is 6.76. The van der Waals surface area contributed by atoms with Crippen LogP contribution >= 0.6 is 0 Å². The molecule has 1 rings (SSSR count). The summed E-state index contributed by atoms with van der Waals surface area (Å²) in [5, 5.41) is 14.5. The fourth-order valence-electron chi connectivity index (χ4n) is 1.74. The number of halogens is 1. The van der Waals surface area contributed by atoms with E-state index in [1.807, 2.05) is 13.0 Å². The molecule has 4 nitrogen and oxygen atoms in total. The van der Waals surface area contributed by atoms with Crippen LogP contribution in [0.4, 0.5) is 9.18 Å². The molecule has 0 aliphatic carbocycles. The Bertz CT molecular complexity index is 410. The molecule has 2 atom stereocenters. The summed E-state index contributed by atoms with van der Waals surface area (Å²) in [6, 6.07) is 5.97. The largest absolute Gasteiger partial charge is 0.393 e. The van der Waals surface area contributed by atoms with Crippen molar-refractivity contribution >= 4 is 6.03 Å². The van der Waals surface area contributed by atoms with Crippen LogP contribution in [0.3, 0.4) is 0 Å². The molecule has 0 aromatic heterocycles. The fourth-order valence-corrected chi connectivity index (χ4v) is 1.74. The van der Waals surface area contributed by atoms with Gasteiger partial charge in [0.25, 0.3) is 0 Å². The van der Waals surface area contributed by atoms with Crippen LogP contribution in [0.2, 0.25) is 0 Å². The van der Waals surface area contributed by atoms with Gasteiger partial charge in [0.2, 0.25) is 0 Å². The van der Waals surface area contributed by atoms with E-state index >= 15 is 0 Å². The van der Waals surface area contributed by atoms with Crippen molar-refractivity contribution in [2.75, 3.05) is 6.54 Å². The first-order chi connectivity index (χ1) is 8.97. The van der Waals surface area contributed by atoms with E-state index in [-0.39, 0.29) is 17.9 Å². The minimum atomic E-state index is -0.426. The van der Waals surface area contributed by atoms with Gasteiger partial charge in [0.15, 0.2) is 0 Å². The van der Waals surface area contributed by atoms with Crippen LogP contribution in [0.15, 0.2) is 24.3 Å². The summed E-state index contributed by atoms with van der Waals surface area (Å²) in [5.74, 6) is -0.272. The van der Waals surface area contributed by atoms with Gasteiger partial charge in [-0.1, -0.05) is 12.1 Å². The van der Waals surface area contributed by atoms with Crippen molar-refractivity contribution in [2.45, 2.75) is 38.8 Å². The van der Waals surface area contributed by atoms with Gasteiger partial charge in [-0.3, -0.25) is 0 Å². The van der Waals surface area contributed by atoms with E-state index in [0.717, 1.165) is 5.56 Å². The molecule has 0 saturated carbocycles. The SMILES string of the molecule is CC(O)CCNC(=O)NC(C)Cc1cccc(F)c1. The van der Waals surface area contributed by atoms with E-state index in [0.29, 0.717) is 19.4 Å². The molecule has 0 radical (unpaired) electrons. The maximum atomic E-state index is 13.0. The normalized spacial score (nSPS) is 13.7. The smallest absolute Gasteiger partial charge is 0.315 e. The zero-order valence-electron chi connectivity index (χ0n) is 11.3. The lowest BCUT2D eigenvalue weighted by molar-refractivity contribution is 0.183. The second kappa shape index (κ2) is 7.74. The van der Waals surface area contributed by atoms with Crippen LogP contribution in [0, 0.1) is 5.82 Å². The Balaban J connectivity index is 2.30. The summed E-state index contributed by atoms with van der Waals surface area (Å²) in [6.07, 6.45) is 0.665.